The molecule has 0 N–H and O–H groups in total. The predicted octanol–water partition coefficient (Wildman–Crippen LogP) is -3.13. The molecule has 36 valence electrons. The van der Waals surface area contributed by atoms with Crippen LogP contribution in [0.4, 0.5) is 0 Å². The van der Waals surface area contributed by atoms with Gasteiger partial charge in [0.2, 0.25) is 0 Å². The second kappa shape index (κ2) is 9.34. The molecule has 6 heteroatoms. The van der Waals surface area contributed by atoms with Gasteiger partial charge in [-0.15, -0.1) is 0 Å². The Hall–Kier alpha value is 0.940. The maximum atomic E-state index is 8.25. The van der Waals surface area contributed by atoms with Crippen molar-refractivity contribution in [1.29, 1.82) is 0 Å². The molecule has 0 fully saturated rings. The first kappa shape index (κ1) is 15.8. The van der Waals surface area contributed by atoms with Gasteiger partial charge in [0, 0.05) is 0 Å². The quantitative estimate of drug-likeness (QED) is 0.232. The van der Waals surface area contributed by atoms with Crippen LogP contribution in [-0.2, 0) is 22.4 Å². The second-order valence-electron chi connectivity index (χ2n) is 0.224. The van der Waals surface area contributed by atoms with Crippen molar-refractivity contribution in [1.82, 2.24) is 0 Å². The van der Waals surface area contributed by atoms with Gasteiger partial charge in [-0.25, -0.2) is 0 Å². The summed E-state index contributed by atoms with van der Waals surface area (Å²) in [5.74, 6) is 0. The average molecular weight is 194 g/mol. The topological polar surface area (TPSA) is 66.2 Å². The summed E-state index contributed by atoms with van der Waals surface area (Å²) >= 11 is 0. The summed E-state index contributed by atoms with van der Waals surface area (Å²) in [5.41, 5.74) is 0. The van der Waals surface area contributed by atoms with Crippen LogP contribution >= 0.6 is 0 Å². The van der Waals surface area contributed by atoms with Gasteiger partial charge in [-0.1, -0.05) is 0 Å². The van der Waals surface area contributed by atoms with E-state index < -0.39 is 5.09 Å². The zero-order valence-electron chi connectivity index (χ0n) is 3.97. The Bertz CT molecular complexity index is 37.9. The minimum atomic E-state index is -1.75. The van der Waals surface area contributed by atoms with Gasteiger partial charge in [0.15, 0.2) is 0 Å². The molecule has 0 aromatic heterocycles. The average Bonchev–Trinajstić information content (AvgIpc) is 0.811. The molecule has 0 aromatic rings. The molecule has 6 heavy (non-hydrogen) atoms. The molecule has 0 atom stereocenters. The molecular weight excluding hydrogens is 193 g/mol. The molecular formula is HAgNNaO3. The van der Waals surface area contributed by atoms with Gasteiger partial charge >= 0.3 is 51.9 Å². The molecule has 4 nitrogen and oxygen atoms in total. The van der Waals surface area contributed by atoms with E-state index in [-0.39, 0.29) is 53.4 Å². The van der Waals surface area contributed by atoms with E-state index in [0.29, 0.717) is 0 Å². The van der Waals surface area contributed by atoms with Crippen LogP contribution in [0.3, 0.4) is 0 Å². The van der Waals surface area contributed by atoms with Crippen LogP contribution < -0.4 is 29.6 Å². The third-order valence-corrected chi connectivity index (χ3v) is 0. The van der Waals surface area contributed by atoms with Crippen molar-refractivity contribution in [2.24, 2.45) is 0 Å². The van der Waals surface area contributed by atoms with Crippen LogP contribution in [0.1, 0.15) is 1.43 Å². The maximum Gasteiger partial charge on any atom is 1.00 e. The Kier molecular flexibility index (Phi) is 24.5. The third kappa shape index (κ3) is 86.8. The molecule has 0 saturated carbocycles. The van der Waals surface area contributed by atoms with Gasteiger partial charge in [-0.05, 0) is 0 Å². The molecule has 0 aliphatic carbocycles. The number of hydrogen-bond acceptors (Lipinski definition) is 3. The summed E-state index contributed by atoms with van der Waals surface area (Å²) in [6, 6.07) is 0. The Morgan fingerprint density at radius 3 is 1.50 bits per heavy atom. The van der Waals surface area contributed by atoms with E-state index in [1.165, 1.54) is 0 Å². The van der Waals surface area contributed by atoms with Crippen LogP contribution in [0.15, 0.2) is 0 Å². The zero-order valence-corrected chi connectivity index (χ0v) is 6.46. The van der Waals surface area contributed by atoms with Crippen LogP contribution in [0.5, 0.6) is 0 Å². The smallest absolute Gasteiger partial charge is 1.00 e. The fraction of sp³-hybridized carbons (Fsp3) is 0. The monoisotopic (exact) mass is 193 g/mol. The van der Waals surface area contributed by atoms with Crippen molar-refractivity contribution in [2.45, 2.75) is 0 Å². The number of hydrogen-bond donors (Lipinski definition) is 0. The van der Waals surface area contributed by atoms with Crippen molar-refractivity contribution >= 4 is 0 Å². The molecule has 0 heterocycles. The zero-order chi connectivity index (χ0) is 3.58. The summed E-state index contributed by atoms with van der Waals surface area (Å²) in [6.45, 7) is 0. The molecule has 0 unspecified atom stereocenters. The SMILES string of the molecule is O=[N+]([O-])[O-].[Ag+].[H-].[Na+]. The Labute approximate surface area is 73.3 Å². The van der Waals surface area contributed by atoms with Crippen molar-refractivity contribution < 1.29 is 58.5 Å². The van der Waals surface area contributed by atoms with Crippen LogP contribution in [0.25, 0.3) is 0 Å². The van der Waals surface area contributed by atoms with Crippen LogP contribution in [-0.4, -0.2) is 5.09 Å². The van der Waals surface area contributed by atoms with Gasteiger partial charge < -0.3 is 16.7 Å². The largest absolute Gasteiger partial charge is 1.00 e. The van der Waals surface area contributed by atoms with Gasteiger partial charge in [0.05, 0.1) is 5.09 Å². The number of rotatable bonds is 0. The molecule has 0 aliphatic heterocycles. The Balaban J connectivity index is -0.0000000150. The fourth-order valence-corrected chi connectivity index (χ4v) is 0. The van der Waals surface area contributed by atoms with Crippen LogP contribution in [0.2, 0.25) is 0 Å². The van der Waals surface area contributed by atoms with Crippen molar-refractivity contribution in [3.63, 3.8) is 0 Å². The van der Waals surface area contributed by atoms with E-state index >= 15 is 0 Å². The van der Waals surface area contributed by atoms with E-state index in [9.17, 15) is 0 Å². The molecule has 0 amide bonds. The van der Waals surface area contributed by atoms with Crippen molar-refractivity contribution in [2.75, 3.05) is 0 Å². The van der Waals surface area contributed by atoms with Crippen molar-refractivity contribution in [3.05, 3.63) is 15.3 Å². The number of nitrogens with zero attached hydrogens (tertiary/aromatic N) is 1. The molecule has 0 spiro atoms. The molecule has 0 aliphatic rings. The van der Waals surface area contributed by atoms with E-state index in [4.69, 9.17) is 15.3 Å². The summed E-state index contributed by atoms with van der Waals surface area (Å²) in [4.78, 5) is 8.25. The first-order valence-electron chi connectivity index (χ1n) is 0.548. The van der Waals surface area contributed by atoms with E-state index in [1.54, 1.807) is 0 Å². The van der Waals surface area contributed by atoms with E-state index in [1.807, 2.05) is 0 Å². The van der Waals surface area contributed by atoms with Gasteiger partial charge in [-0.2, -0.15) is 0 Å². The third-order valence-electron chi connectivity index (χ3n) is 0. The summed E-state index contributed by atoms with van der Waals surface area (Å²) in [6.07, 6.45) is 0. The Morgan fingerprint density at radius 1 is 1.50 bits per heavy atom. The van der Waals surface area contributed by atoms with E-state index in [2.05, 4.69) is 0 Å². The minimum absolute atomic E-state index is 0. The standard InChI is InChI=1S/Ag.NO3.Na.H/c;2-1(3)4;;/q+1;-1;+1;-1. The molecule has 0 aromatic carbocycles. The second-order valence-corrected chi connectivity index (χ2v) is 0.224. The fourth-order valence-electron chi connectivity index (χ4n) is 0. The summed E-state index contributed by atoms with van der Waals surface area (Å²) < 4.78 is 0. The van der Waals surface area contributed by atoms with Crippen molar-refractivity contribution in [3.8, 4) is 0 Å². The van der Waals surface area contributed by atoms with E-state index in [0.717, 1.165) is 0 Å². The summed E-state index contributed by atoms with van der Waals surface area (Å²) in [5, 5.41) is 14.8. The molecule has 0 rings (SSSR count). The van der Waals surface area contributed by atoms with Crippen LogP contribution in [0, 0.1) is 15.3 Å². The minimum Gasteiger partial charge on any atom is -1.00 e. The molecule has 0 radical (unpaired) electrons. The van der Waals surface area contributed by atoms with Gasteiger partial charge in [0.1, 0.15) is 0 Å². The predicted molar refractivity (Wildman–Crippen MR) is 11.5 cm³/mol. The molecule has 0 saturated heterocycles. The summed E-state index contributed by atoms with van der Waals surface area (Å²) in [7, 11) is 0. The van der Waals surface area contributed by atoms with Gasteiger partial charge in [0.25, 0.3) is 0 Å². The maximum absolute atomic E-state index is 8.25. The Morgan fingerprint density at radius 2 is 1.50 bits per heavy atom. The first-order valence-corrected chi connectivity index (χ1v) is 0.548. The molecule has 0 bridgehead atoms. The normalized spacial score (nSPS) is 4.00. The first-order chi connectivity index (χ1) is 1.73. The van der Waals surface area contributed by atoms with Gasteiger partial charge in [-0.3, -0.25) is 0 Å².